The van der Waals surface area contributed by atoms with Crippen LogP contribution in [0.5, 0.6) is 0 Å². The van der Waals surface area contributed by atoms with Crippen LogP contribution in [-0.4, -0.2) is 7.05 Å². The van der Waals surface area contributed by atoms with Gasteiger partial charge in [0.2, 0.25) is 0 Å². The summed E-state index contributed by atoms with van der Waals surface area (Å²) in [6.07, 6.45) is 9.88. The second-order valence-corrected chi connectivity index (χ2v) is 8.29. The van der Waals surface area contributed by atoms with E-state index >= 15 is 0 Å². The fourth-order valence-corrected chi connectivity index (χ4v) is 3.75. The lowest BCUT2D eigenvalue weighted by atomic mass is 10.1. The second kappa shape index (κ2) is 11.4. The van der Waals surface area contributed by atoms with Gasteiger partial charge in [-0.25, -0.2) is 0 Å². The van der Waals surface area contributed by atoms with Crippen molar-refractivity contribution in [2.75, 3.05) is 16.8 Å². The summed E-state index contributed by atoms with van der Waals surface area (Å²) in [4.78, 5) is 4.54. The Morgan fingerprint density at radius 3 is 1.52 bits per heavy atom. The van der Waals surface area contributed by atoms with Crippen LogP contribution in [0.15, 0.2) is 108 Å². The van der Waals surface area contributed by atoms with Crippen molar-refractivity contribution in [1.29, 1.82) is 0 Å². The van der Waals surface area contributed by atoms with E-state index in [1.54, 1.807) is 0 Å². The van der Waals surface area contributed by atoms with Crippen LogP contribution in [0, 0.1) is 13.8 Å². The lowest BCUT2D eigenvalue weighted by Crippen LogP contribution is -2.15. The van der Waals surface area contributed by atoms with E-state index in [2.05, 4.69) is 135 Å². The normalized spacial score (nSPS) is 12.7. The highest BCUT2D eigenvalue weighted by molar-refractivity contribution is 5.73. The lowest BCUT2D eigenvalue weighted by molar-refractivity contribution is 1.18. The number of benzene rings is 3. The summed E-state index contributed by atoms with van der Waals surface area (Å²) in [7, 11) is 2.11. The minimum Gasteiger partial charge on any atom is -0.345 e. The molecule has 0 spiro atoms. The van der Waals surface area contributed by atoms with Gasteiger partial charge in [-0.15, -0.1) is 0 Å². The Morgan fingerprint density at radius 2 is 1.00 bits per heavy atom. The standard InChI is InChI=1S/C29H30N2.C2H6/c1-22-6-5-7-27(15-10-22)31(28-16-11-24(3)12-17-28)29-20-18-26(19-21-29)30(4)25-13-8-23(2)9-14-25;1-2/h5,7-21H,6H2,1-4H3;1-2H3. The summed E-state index contributed by atoms with van der Waals surface area (Å²) in [5.41, 5.74) is 9.73. The molecule has 0 N–H and O–H groups in total. The summed E-state index contributed by atoms with van der Waals surface area (Å²) < 4.78 is 0. The fourth-order valence-electron chi connectivity index (χ4n) is 3.75. The maximum absolute atomic E-state index is 2.32. The van der Waals surface area contributed by atoms with Crippen LogP contribution in [0.25, 0.3) is 0 Å². The van der Waals surface area contributed by atoms with E-state index in [9.17, 15) is 0 Å². The number of anilines is 4. The van der Waals surface area contributed by atoms with Crippen molar-refractivity contribution in [3.05, 3.63) is 119 Å². The quantitative estimate of drug-likeness (QED) is 0.393. The largest absolute Gasteiger partial charge is 0.345 e. The van der Waals surface area contributed by atoms with Crippen LogP contribution >= 0.6 is 0 Å². The molecule has 0 fully saturated rings. The first-order chi connectivity index (χ1) is 16.0. The van der Waals surface area contributed by atoms with E-state index in [1.807, 2.05) is 13.8 Å². The number of allylic oxidation sites excluding steroid dienone is 5. The Bertz CT molecular complexity index is 1120. The number of rotatable bonds is 5. The van der Waals surface area contributed by atoms with E-state index in [0.717, 1.165) is 23.5 Å². The van der Waals surface area contributed by atoms with Crippen molar-refractivity contribution < 1.29 is 0 Å². The highest BCUT2D eigenvalue weighted by atomic mass is 15.1. The number of nitrogens with zero attached hydrogens (tertiary/aromatic N) is 2. The number of hydrogen-bond donors (Lipinski definition) is 0. The summed E-state index contributed by atoms with van der Waals surface area (Å²) in [5, 5.41) is 0. The maximum atomic E-state index is 2.32. The predicted molar refractivity (Wildman–Crippen MR) is 146 cm³/mol. The van der Waals surface area contributed by atoms with Gasteiger partial charge < -0.3 is 9.80 Å². The smallest absolute Gasteiger partial charge is 0.0463 e. The third kappa shape index (κ3) is 6.04. The molecule has 1 aliphatic rings. The first-order valence-corrected chi connectivity index (χ1v) is 11.8. The Morgan fingerprint density at radius 1 is 0.576 bits per heavy atom. The number of aryl methyl sites for hydroxylation is 2. The van der Waals surface area contributed by atoms with Gasteiger partial charge in [0, 0.05) is 35.5 Å². The fraction of sp³-hybridized carbons (Fsp3) is 0.226. The molecular weight excluding hydrogens is 400 g/mol. The van der Waals surface area contributed by atoms with Crippen LogP contribution in [0.1, 0.15) is 38.3 Å². The molecule has 0 atom stereocenters. The molecule has 0 aliphatic heterocycles. The Kier molecular flexibility index (Phi) is 8.32. The molecule has 0 heterocycles. The second-order valence-electron chi connectivity index (χ2n) is 8.29. The molecule has 0 amide bonds. The zero-order chi connectivity index (χ0) is 23.8. The van der Waals surface area contributed by atoms with Gasteiger partial charge in [0.15, 0.2) is 0 Å². The number of hydrogen-bond acceptors (Lipinski definition) is 2. The van der Waals surface area contributed by atoms with Crippen molar-refractivity contribution >= 4 is 22.7 Å². The van der Waals surface area contributed by atoms with E-state index < -0.39 is 0 Å². The van der Waals surface area contributed by atoms with E-state index in [-0.39, 0.29) is 0 Å². The molecule has 4 rings (SSSR count). The third-order valence-corrected chi connectivity index (χ3v) is 5.73. The van der Waals surface area contributed by atoms with E-state index in [1.165, 1.54) is 28.1 Å². The van der Waals surface area contributed by atoms with Crippen LogP contribution in [0.3, 0.4) is 0 Å². The minimum absolute atomic E-state index is 0.988. The van der Waals surface area contributed by atoms with Gasteiger partial charge in [0.25, 0.3) is 0 Å². The van der Waals surface area contributed by atoms with Crippen LogP contribution < -0.4 is 9.80 Å². The SMILES string of the molecule is CC.CC1=CC=C(N(c2ccc(C)cc2)c2ccc(N(C)c3ccc(C)cc3)cc2)C=CC1. The molecule has 0 bridgehead atoms. The monoisotopic (exact) mass is 436 g/mol. The zero-order valence-electron chi connectivity index (χ0n) is 20.8. The summed E-state index contributed by atoms with van der Waals surface area (Å²) in [6, 6.07) is 26.2. The average Bonchev–Trinajstić information content (AvgIpc) is 3.06. The molecule has 0 radical (unpaired) electrons. The third-order valence-electron chi connectivity index (χ3n) is 5.73. The van der Waals surface area contributed by atoms with Gasteiger partial charge in [0.05, 0.1) is 0 Å². The van der Waals surface area contributed by atoms with Crippen molar-refractivity contribution in [2.24, 2.45) is 0 Å². The summed E-state index contributed by atoms with van der Waals surface area (Å²) >= 11 is 0. The van der Waals surface area contributed by atoms with Crippen LogP contribution in [0.4, 0.5) is 22.7 Å². The molecule has 33 heavy (non-hydrogen) atoms. The van der Waals surface area contributed by atoms with Crippen molar-refractivity contribution in [2.45, 2.75) is 41.0 Å². The Labute approximate surface area is 200 Å². The molecule has 3 aromatic carbocycles. The van der Waals surface area contributed by atoms with Gasteiger partial charge in [-0.05, 0) is 87.9 Å². The highest BCUT2D eigenvalue weighted by Crippen LogP contribution is 2.34. The van der Waals surface area contributed by atoms with Crippen molar-refractivity contribution in [3.8, 4) is 0 Å². The molecular formula is C31H36N2. The summed E-state index contributed by atoms with van der Waals surface area (Å²) in [5.74, 6) is 0. The minimum atomic E-state index is 0.988. The van der Waals surface area contributed by atoms with Crippen LogP contribution in [0.2, 0.25) is 0 Å². The average molecular weight is 437 g/mol. The lowest BCUT2D eigenvalue weighted by Gasteiger charge is -2.27. The van der Waals surface area contributed by atoms with Gasteiger partial charge in [0.1, 0.15) is 0 Å². The molecule has 2 nitrogen and oxygen atoms in total. The highest BCUT2D eigenvalue weighted by Gasteiger charge is 2.14. The molecule has 170 valence electrons. The maximum Gasteiger partial charge on any atom is 0.0463 e. The molecule has 2 heteroatoms. The van der Waals surface area contributed by atoms with Gasteiger partial charge in [-0.1, -0.05) is 67.0 Å². The van der Waals surface area contributed by atoms with Gasteiger partial charge in [-0.3, -0.25) is 0 Å². The van der Waals surface area contributed by atoms with Crippen molar-refractivity contribution in [3.63, 3.8) is 0 Å². The predicted octanol–water partition coefficient (Wildman–Crippen LogP) is 9.03. The molecule has 0 saturated heterocycles. The van der Waals surface area contributed by atoms with E-state index in [4.69, 9.17) is 0 Å². The molecule has 1 aliphatic carbocycles. The first kappa shape index (κ1) is 24.1. The first-order valence-electron chi connectivity index (χ1n) is 11.8. The molecule has 3 aromatic rings. The summed E-state index contributed by atoms with van der Waals surface area (Å²) in [6.45, 7) is 10.4. The van der Waals surface area contributed by atoms with E-state index in [0.29, 0.717) is 0 Å². The van der Waals surface area contributed by atoms with Crippen LogP contribution in [-0.2, 0) is 0 Å². The molecule has 0 unspecified atom stereocenters. The Balaban J connectivity index is 0.00000149. The topological polar surface area (TPSA) is 6.48 Å². The van der Waals surface area contributed by atoms with Crippen molar-refractivity contribution in [1.82, 2.24) is 0 Å². The zero-order valence-corrected chi connectivity index (χ0v) is 20.8. The Hall–Kier alpha value is -3.52. The molecule has 0 saturated carbocycles. The molecule has 0 aromatic heterocycles. The van der Waals surface area contributed by atoms with Gasteiger partial charge >= 0.3 is 0 Å². The van der Waals surface area contributed by atoms with Gasteiger partial charge in [-0.2, -0.15) is 0 Å².